The minimum atomic E-state index is -0.383. The van der Waals surface area contributed by atoms with Gasteiger partial charge in [-0.2, -0.15) is 0 Å². The maximum atomic E-state index is 9.88. The first-order valence-electron chi connectivity index (χ1n) is 8.21. The van der Waals surface area contributed by atoms with Crippen LogP contribution in [0, 0.1) is 5.92 Å². The number of nitrogens with one attached hydrogen (secondary N) is 1. The number of rotatable bonds is 11. The summed E-state index contributed by atoms with van der Waals surface area (Å²) in [5.41, 5.74) is 0. The average Bonchev–Trinajstić information content (AvgIpc) is 2.44. The lowest BCUT2D eigenvalue weighted by atomic mass is 9.89. The van der Waals surface area contributed by atoms with Gasteiger partial charge in [0.05, 0.1) is 18.8 Å². The zero-order chi connectivity index (χ0) is 14.6. The lowest BCUT2D eigenvalue weighted by Crippen LogP contribution is -2.33. The molecule has 0 radical (unpaired) electrons. The van der Waals surface area contributed by atoms with Crippen LogP contribution in [0.15, 0.2) is 0 Å². The number of unbranched alkanes of at least 4 members (excludes halogenated alkanes) is 2. The third-order valence-corrected chi connectivity index (χ3v) is 3.99. The van der Waals surface area contributed by atoms with Crippen LogP contribution in [-0.4, -0.2) is 50.7 Å². The molecule has 4 nitrogen and oxygen atoms in total. The van der Waals surface area contributed by atoms with Crippen LogP contribution in [0.5, 0.6) is 0 Å². The summed E-state index contributed by atoms with van der Waals surface area (Å²) in [4.78, 5) is 0. The maximum Gasteiger partial charge on any atom is 0.0897 e. The molecule has 20 heavy (non-hydrogen) atoms. The third-order valence-electron chi connectivity index (χ3n) is 3.99. The Morgan fingerprint density at radius 2 is 2.10 bits per heavy atom. The summed E-state index contributed by atoms with van der Waals surface area (Å²) >= 11 is 0. The van der Waals surface area contributed by atoms with Gasteiger partial charge in [-0.3, -0.25) is 0 Å². The topological polar surface area (TPSA) is 50.7 Å². The van der Waals surface area contributed by atoms with Gasteiger partial charge in [-0.05, 0) is 44.6 Å². The first-order chi connectivity index (χ1) is 9.72. The first-order valence-corrected chi connectivity index (χ1v) is 8.21. The van der Waals surface area contributed by atoms with Crippen molar-refractivity contribution in [3.63, 3.8) is 0 Å². The Kier molecular flexibility index (Phi) is 10.3. The Morgan fingerprint density at radius 3 is 2.85 bits per heavy atom. The van der Waals surface area contributed by atoms with Gasteiger partial charge in [-0.15, -0.1) is 0 Å². The van der Waals surface area contributed by atoms with Crippen molar-refractivity contribution in [3.05, 3.63) is 0 Å². The Balaban J connectivity index is 1.91. The molecule has 0 aliphatic heterocycles. The Morgan fingerprint density at radius 1 is 1.25 bits per heavy atom. The summed E-state index contributed by atoms with van der Waals surface area (Å²) in [5, 5.41) is 13.2. The third kappa shape index (κ3) is 8.90. The molecule has 1 rings (SSSR count). The highest BCUT2D eigenvalue weighted by Gasteiger charge is 2.20. The predicted octanol–water partition coefficient (Wildman–Crippen LogP) is 2.35. The Labute approximate surface area is 124 Å². The summed E-state index contributed by atoms with van der Waals surface area (Å²) in [6.07, 6.45) is 8.31. The van der Waals surface area contributed by atoms with E-state index < -0.39 is 0 Å². The normalized spacial score (nSPS) is 24.8. The molecule has 0 aromatic rings. The van der Waals surface area contributed by atoms with E-state index in [4.69, 9.17) is 9.47 Å². The largest absolute Gasteiger partial charge is 0.389 e. The van der Waals surface area contributed by atoms with E-state index in [1.54, 1.807) is 7.11 Å². The van der Waals surface area contributed by atoms with Crippen LogP contribution in [0.1, 0.15) is 51.9 Å². The highest BCUT2D eigenvalue weighted by molar-refractivity contribution is 4.71. The molecule has 1 aliphatic carbocycles. The minimum absolute atomic E-state index is 0.363. The van der Waals surface area contributed by atoms with E-state index in [9.17, 15) is 5.11 Å². The minimum Gasteiger partial charge on any atom is -0.389 e. The predicted molar refractivity (Wildman–Crippen MR) is 82.0 cm³/mol. The summed E-state index contributed by atoms with van der Waals surface area (Å²) in [7, 11) is 1.74. The molecule has 0 aromatic heterocycles. The van der Waals surface area contributed by atoms with Gasteiger partial charge in [0.25, 0.3) is 0 Å². The molecule has 1 fully saturated rings. The standard InChI is InChI=1S/C16H33NO3/c1-14-7-6-8-16(11-14)20-13-15(18)12-17-9-4-3-5-10-19-2/h14-18H,3-13H2,1-2H3. The molecule has 2 N–H and O–H groups in total. The summed E-state index contributed by atoms with van der Waals surface area (Å²) in [6.45, 7) is 5.19. The van der Waals surface area contributed by atoms with Crippen molar-refractivity contribution in [2.45, 2.75) is 64.1 Å². The molecule has 4 heteroatoms. The van der Waals surface area contributed by atoms with E-state index in [0.717, 1.165) is 44.8 Å². The van der Waals surface area contributed by atoms with E-state index in [-0.39, 0.29) is 6.10 Å². The maximum absolute atomic E-state index is 9.88. The zero-order valence-corrected chi connectivity index (χ0v) is 13.3. The molecular formula is C16H33NO3. The van der Waals surface area contributed by atoms with Crippen LogP contribution >= 0.6 is 0 Å². The van der Waals surface area contributed by atoms with Crippen molar-refractivity contribution < 1.29 is 14.6 Å². The van der Waals surface area contributed by atoms with E-state index in [2.05, 4.69) is 12.2 Å². The highest BCUT2D eigenvalue weighted by atomic mass is 16.5. The van der Waals surface area contributed by atoms with Gasteiger partial charge in [0.2, 0.25) is 0 Å². The number of hydrogen-bond acceptors (Lipinski definition) is 4. The van der Waals surface area contributed by atoms with Crippen LogP contribution in [-0.2, 0) is 9.47 Å². The first kappa shape index (κ1) is 17.9. The molecule has 1 saturated carbocycles. The van der Waals surface area contributed by atoms with Crippen molar-refractivity contribution >= 4 is 0 Å². The molecule has 0 spiro atoms. The number of aliphatic hydroxyl groups is 1. The van der Waals surface area contributed by atoms with Gasteiger partial charge in [0.15, 0.2) is 0 Å². The van der Waals surface area contributed by atoms with E-state index in [0.29, 0.717) is 19.3 Å². The Bertz CT molecular complexity index is 226. The summed E-state index contributed by atoms with van der Waals surface area (Å²) in [6, 6.07) is 0. The van der Waals surface area contributed by atoms with Crippen LogP contribution in [0.4, 0.5) is 0 Å². The van der Waals surface area contributed by atoms with E-state index in [1.165, 1.54) is 19.3 Å². The van der Waals surface area contributed by atoms with Gasteiger partial charge in [-0.1, -0.05) is 19.8 Å². The highest BCUT2D eigenvalue weighted by Crippen LogP contribution is 2.25. The zero-order valence-electron chi connectivity index (χ0n) is 13.3. The number of hydrogen-bond donors (Lipinski definition) is 2. The molecular weight excluding hydrogens is 254 g/mol. The van der Waals surface area contributed by atoms with E-state index >= 15 is 0 Å². The fraction of sp³-hybridized carbons (Fsp3) is 1.00. The molecule has 3 unspecified atom stereocenters. The number of ether oxygens (including phenoxy) is 2. The second kappa shape index (κ2) is 11.5. The molecule has 0 bridgehead atoms. The lowest BCUT2D eigenvalue weighted by molar-refractivity contribution is -0.0305. The monoisotopic (exact) mass is 287 g/mol. The fourth-order valence-corrected chi connectivity index (χ4v) is 2.78. The summed E-state index contributed by atoms with van der Waals surface area (Å²) < 4.78 is 10.8. The van der Waals surface area contributed by atoms with Crippen molar-refractivity contribution in [2.24, 2.45) is 5.92 Å². The number of methoxy groups -OCH3 is 1. The molecule has 0 aromatic carbocycles. The molecule has 1 aliphatic rings. The summed E-state index contributed by atoms with van der Waals surface area (Å²) in [5.74, 6) is 0.774. The van der Waals surface area contributed by atoms with Crippen molar-refractivity contribution in [1.82, 2.24) is 5.32 Å². The molecule has 3 atom stereocenters. The quantitative estimate of drug-likeness (QED) is 0.573. The molecule has 120 valence electrons. The van der Waals surface area contributed by atoms with Crippen LogP contribution < -0.4 is 5.32 Å². The fourth-order valence-electron chi connectivity index (χ4n) is 2.78. The number of aliphatic hydroxyl groups excluding tert-OH is 1. The van der Waals surface area contributed by atoms with Gasteiger partial charge in [-0.25, -0.2) is 0 Å². The smallest absolute Gasteiger partial charge is 0.0897 e. The van der Waals surface area contributed by atoms with Crippen molar-refractivity contribution in [1.29, 1.82) is 0 Å². The van der Waals surface area contributed by atoms with E-state index in [1.807, 2.05) is 0 Å². The van der Waals surface area contributed by atoms with Gasteiger partial charge in [0.1, 0.15) is 0 Å². The second-order valence-electron chi connectivity index (χ2n) is 6.14. The van der Waals surface area contributed by atoms with Crippen molar-refractivity contribution in [2.75, 3.05) is 33.4 Å². The van der Waals surface area contributed by atoms with Gasteiger partial charge in [0, 0.05) is 20.3 Å². The van der Waals surface area contributed by atoms with Gasteiger partial charge >= 0.3 is 0 Å². The molecule has 0 saturated heterocycles. The van der Waals surface area contributed by atoms with Crippen LogP contribution in [0.3, 0.4) is 0 Å². The SMILES string of the molecule is COCCCCCNCC(O)COC1CCCC(C)C1. The second-order valence-corrected chi connectivity index (χ2v) is 6.14. The average molecular weight is 287 g/mol. The van der Waals surface area contributed by atoms with Crippen LogP contribution in [0.2, 0.25) is 0 Å². The van der Waals surface area contributed by atoms with Crippen molar-refractivity contribution in [3.8, 4) is 0 Å². The molecule has 0 amide bonds. The van der Waals surface area contributed by atoms with Crippen LogP contribution in [0.25, 0.3) is 0 Å². The van der Waals surface area contributed by atoms with Gasteiger partial charge < -0.3 is 19.9 Å². The Hall–Kier alpha value is -0.160. The lowest BCUT2D eigenvalue weighted by Gasteiger charge is -2.27. The molecule has 0 heterocycles.